The van der Waals surface area contributed by atoms with E-state index < -0.39 is 0 Å². The van der Waals surface area contributed by atoms with Crippen LogP contribution in [0.2, 0.25) is 0 Å². The van der Waals surface area contributed by atoms with Crippen LogP contribution in [0.3, 0.4) is 0 Å². The van der Waals surface area contributed by atoms with Crippen molar-refractivity contribution in [3.63, 3.8) is 0 Å². The van der Waals surface area contributed by atoms with Gasteiger partial charge in [-0.3, -0.25) is 4.79 Å². The van der Waals surface area contributed by atoms with Crippen molar-refractivity contribution in [2.24, 2.45) is 0 Å². The first-order valence-electron chi connectivity index (χ1n) is 9.66. The van der Waals surface area contributed by atoms with Crippen LogP contribution >= 0.6 is 0 Å². The fraction of sp³-hybridized carbons (Fsp3) is 0.526. The third-order valence-electron chi connectivity index (χ3n) is 5.48. The van der Waals surface area contributed by atoms with Crippen molar-refractivity contribution in [1.29, 1.82) is 0 Å². The van der Waals surface area contributed by atoms with Gasteiger partial charge in [-0.2, -0.15) is 0 Å². The summed E-state index contributed by atoms with van der Waals surface area (Å²) in [6, 6.07) is 5.24. The van der Waals surface area contributed by atoms with Crippen molar-refractivity contribution >= 4 is 11.6 Å². The molecule has 2 saturated heterocycles. The van der Waals surface area contributed by atoms with E-state index >= 15 is 0 Å². The van der Waals surface area contributed by atoms with E-state index in [0.717, 1.165) is 31.6 Å². The second-order valence-corrected chi connectivity index (χ2v) is 7.16. The molecule has 4 rings (SSSR count). The average molecular weight is 388 g/mol. The molecule has 1 aromatic carbocycles. The van der Waals surface area contributed by atoms with Gasteiger partial charge < -0.3 is 19.9 Å². The number of piperidine rings is 1. The Labute approximate surface area is 163 Å². The van der Waals surface area contributed by atoms with Crippen molar-refractivity contribution in [2.45, 2.75) is 18.9 Å². The molecule has 0 unspecified atom stereocenters. The van der Waals surface area contributed by atoms with E-state index in [4.69, 9.17) is 4.74 Å². The number of halogens is 1. The Hall–Kier alpha value is -2.68. The molecule has 3 heterocycles. The highest BCUT2D eigenvalue weighted by Crippen LogP contribution is 2.24. The summed E-state index contributed by atoms with van der Waals surface area (Å²) in [4.78, 5) is 16.6. The Morgan fingerprint density at radius 1 is 1.21 bits per heavy atom. The van der Waals surface area contributed by atoms with E-state index in [9.17, 15) is 9.18 Å². The Balaban J connectivity index is 1.36. The van der Waals surface area contributed by atoms with Crippen molar-refractivity contribution in [3.05, 3.63) is 35.9 Å². The molecular weight excluding hydrogens is 363 g/mol. The lowest BCUT2D eigenvalue weighted by molar-refractivity contribution is 0.0740. The van der Waals surface area contributed by atoms with Crippen molar-refractivity contribution < 1.29 is 13.9 Å². The van der Waals surface area contributed by atoms with Crippen LogP contribution < -0.4 is 15.0 Å². The molecule has 1 N–H and O–H groups in total. The molecule has 28 heavy (non-hydrogen) atoms. The van der Waals surface area contributed by atoms with Gasteiger partial charge in [-0.05, 0) is 38.1 Å². The molecule has 2 aliphatic heterocycles. The van der Waals surface area contributed by atoms with E-state index in [-0.39, 0.29) is 17.5 Å². The minimum absolute atomic E-state index is 0.0965. The number of carbonyl (C=O) groups excluding carboxylic acids is 1. The molecule has 9 heteroatoms. The highest BCUT2D eigenvalue weighted by Gasteiger charge is 2.26. The smallest absolute Gasteiger partial charge is 0.276 e. The first-order valence-corrected chi connectivity index (χ1v) is 9.66. The lowest BCUT2D eigenvalue weighted by Crippen LogP contribution is -2.49. The minimum atomic E-state index is -0.381. The number of nitrogens with zero attached hydrogens (tertiary/aromatic N) is 5. The summed E-state index contributed by atoms with van der Waals surface area (Å²) in [5.41, 5.74) is 1.18. The maximum absolute atomic E-state index is 13.9. The number of hydrogen-bond acceptors (Lipinski definition) is 6. The molecule has 1 aromatic heterocycles. The quantitative estimate of drug-likeness (QED) is 0.851. The van der Waals surface area contributed by atoms with Gasteiger partial charge in [-0.15, -0.1) is 5.10 Å². The van der Waals surface area contributed by atoms with E-state index in [2.05, 4.69) is 20.5 Å². The zero-order chi connectivity index (χ0) is 19.5. The van der Waals surface area contributed by atoms with Gasteiger partial charge in [0.2, 0.25) is 0 Å². The van der Waals surface area contributed by atoms with Gasteiger partial charge in [0.25, 0.3) is 5.91 Å². The van der Waals surface area contributed by atoms with Crippen molar-refractivity contribution in [3.8, 4) is 5.75 Å². The molecular formula is C19H25FN6O2. The average Bonchev–Trinajstić information content (AvgIpc) is 3.24. The first-order chi connectivity index (χ1) is 13.7. The van der Waals surface area contributed by atoms with E-state index in [1.165, 1.54) is 13.2 Å². The van der Waals surface area contributed by atoms with Crippen LogP contribution in [0.15, 0.2) is 24.4 Å². The Bertz CT molecular complexity index is 828. The van der Waals surface area contributed by atoms with Gasteiger partial charge in [-0.25, -0.2) is 9.07 Å². The van der Waals surface area contributed by atoms with Crippen LogP contribution in [0.4, 0.5) is 10.1 Å². The maximum atomic E-state index is 13.9. The molecule has 2 aromatic rings. The fourth-order valence-corrected chi connectivity index (χ4v) is 3.81. The number of hydrogen-bond donors (Lipinski definition) is 1. The van der Waals surface area contributed by atoms with Crippen LogP contribution in [-0.2, 0) is 0 Å². The highest BCUT2D eigenvalue weighted by molar-refractivity contribution is 5.92. The van der Waals surface area contributed by atoms with Gasteiger partial charge in [0.05, 0.1) is 19.3 Å². The van der Waals surface area contributed by atoms with Crippen molar-refractivity contribution in [2.75, 3.05) is 51.3 Å². The predicted molar refractivity (Wildman–Crippen MR) is 102 cm³/mol. The molecule has 2 aliphatic rings. The zero-order valence-electron chi connectivity index (χ0n) is 16.0. The lowest BCUT2D eigenvalue weighted by Gasteiger charge is -2.35. The fourth-order valence-electron chi connectivity index (χ4n) is 3.81. The van der Waals surface area contributed by atoms with Crippen LogP contribution in [0.5, 0.6) is 5.75 Å². The predicted octanol–water partition coefficient (Wildman–Crippen LogP) is 1.31. The molecule has 1 amide bonds. The number of benzene rings is 1. The molecule has 8 nitrogen and oxygen atoms in total. The van der Waals surface area contributed by atoms with Crippen molar-refractivity contribution in [1.82, 2.24) is 25.2 Å². The number of rotatable bonds is 4. The third kappa shape index (κ3) is 3.80. The zero-order valence-corrected chi connectivity index (χ0v) is 16.0. The van der Waals surface area contributed by atoms with Crippen LogP contribution in [-0.4, -0.2) is 72.2 Å². The van der Waals surface area contributed by atoms with Gasteiger partial charge in [0, 0.05) is 37.9 Å². The van der Waals surface area contributed by atoms with E-state index in [1.54, 1.807) is 17.2 Å². The molecule has 150 valence electrons. The number of anilines is 1. The summed E-state index contributed by atoms with van der Waals surface area (Å²) in [6.45, 7) is 4.32. The van der Waals surface area contributed by atoms with E-state index in [0.29, 0.717) is 37.9 Å². The Kier molecular flexibility index (Phi) is 5.43. The molecule has 0 saturated carbocycles. The normalized spacial score (nSPS) is 18.4. The minimum Gasteiger partial charge on any atom is -0.494 e. The number of amides is 1. The van der Waals surface area contributed by atoms with E-state index in [1.807, 2.05) is 10.7 Å². The summed E-state index contributed by atoms with van der Waals surface area (Å²) in [6.07, 6.45) is 3.76. The number of nitrogens with one attached hydrogen (secondary N) is 1. The van der Waals surface area contributed by atoms with Gasteiger partial charge in [-0.1, -0.05) is 5.21 Å². The SMILES string of the molecule is COc1ccc(N2CCN(C(=O)c3cn(C4CCNCC4)nn3)CC2)cc1F. The summed E-state index contributed by atoms with van der Waals surface area (Å²) in [5.74, 6) is -0.247. The summed E-state index contributed by atoms with van der Waals surface area (Å²) < 4.78 is 20.7. The summed E-state index contributed by atoms with van der Waals surface area (Å²) >= 11 is 0. The first kappa shape index (κ1) is 18.7. The number of piperazine rings is 1. The number of carbonyl (C=O) groups is 1. The molecule has 2 fully saturated rings. The largest absolute Gasteiger partial charge is 0.494 e. The Morgan fingerprint density at radius 3 is 2.64 bits per heavy atom. The van der Waals surface area contributed by atoms with Gasteiger partial charge in [0.1, 0.15) is 0 Å². The maximum Gasteiger partial charge on any atom is 0.276 e. The Morgan fingerprint density at radius 2 is 1.96 bits per heavy atom. The second-order valence-electron chi connectivity index (χ2n) is 7.16. The molecule has 0 spiro atoms. The standard InChI is InChI=1S/C19H25FN6O2/c1-28-18-3-2-15(12-16(18)20)24-8-10-25(11-9-24)19(27)17-13-26(23-22-17)14-4-6-21-7-5-14/h2-3,12-14,21H,4-11H2,1H3. The molecule has 0 atom stereocenters. The van der Waals surface area contributed by atoms with Crippen LogP contribution in [0.25, 0.3) is 0 Å². The molecule has 0 bridgehead atoms. The third-order valence-corrected chi connectivity index (χ3v) is 5.48. The van der Waals surface area contributed by atoms with Gasteiger partial charge >= 0.3 is 0 Å². The molecule has 0 radical (unpaired) electrons. The topological polar surface area (TPSA) is 75.5 Å². The summed E-state index contributed by atoms with van der Waals surface area (Å²) in [5, 5.41) is 11.6. The monoisotopic (exact) mass is 388 g/mol. The molecule has 0 aliphatic carbocycles. The number of methoxy groups -OCH3 is 1. The number of ether oxygens (including phenoxy) is 1. The summed E-state index contributed by atoms with van der Waals surface area (Å²) in [7, 11) is 1.45. The second kappa shape index (κ2) is 8.14. The van der Waals surface area contributed by atoms with Crippen LogP contribution in [0.1, 0.15) is 29.4 Å². The highest BCUT2D eigenvalue weighted by atomic mass is 19.1. The van der Waals surface area contributed by atoms with Gasteiger partial charge in [0.15, 0.2) is 17.3 Å². The lowest BCUT2D eigenvalue weighted by atomic mass is 10.1. The number of aromatic nitrogens is 3. The van der Waals surface area contributed by atoms with Crippen LogP contribution in [0, 0.1) is 5.82 Å².